The van der Waals surface area contributed by atoms with Crippen molar-refractivity contribution < 1.29 is 38.9 Å². The summed E-state index contributed by atoms with van der Waals surface area (Å²) in [5.74, 6) is 0.0791. The predicted molar refractivity (Wildman–Crippen MR) is 167 cm³/mol. The second-order valence-corrected chi connectivity index (χ2v) is 14.0. The molecule has 0 unspecified atom stereocenters. The van der Waals surface area contributed by atoms with E-state index in [1.54, 1.807) is 25.1 Å². The summed E-state index contributed by atoms with van der Waals surface area (Å²) in [5.41, 5.74) is 1.70. The van der Waals surface area contributed by atoms with Gasteiger partial charge >= 0.3 is 0 Å². The molecular weight excluding hydrogens is 686 g/mol. The Bertz CT molecular complexity index is 2370. The van der Waals surface area contributed by atoms with Gasteiger partial charge in [0.2, 0.25) is 17.2 Å². The van der Waals surface area contributed by atoms with Gasteiger partial charge in [0.1, 0.15) is 9.79 Å². The van der Waals surface area contributed by atoms with Crippen LogP contribution in [0.25, 0.3) is 10.8 Å². The topological polar surface area (TPSA) is 251 Å². The van der Waals surface area contributed by atoms with Gasteiger partial charge in [0.05, 0.1) is 16.3 Å². The van der Waals surface area contributed by atoms with Gasteiger partial charge in [-0.1, -0.05) is 12.1 Å². The Balaban J connectivity index is 1.39. The fourth-order valence-corrected chi connectivity index (χ4v) is 6.26. The van der Waals surface area contributed by atoms with Crippen molar-refractivity contribution in [1.29, 1.82) is 0 Å². The molecule has 0 aliphatic rings. The zero-order chi connectivity index (χ0) is 33.4. The number of aryl methyl sites for hydroxylation is 1. The first-order chi connectivity index (χ1) is 21.5. The van der Waals surface area contributed by atoms with E-state index in [1.165, 1.54) is 42.5 Å². The van der Waals surface area contributed by atoms with E-state index in [0.717, 1.165) is 12.1 Å². The third-order valence-corrected chi connectivity index (χ3v) is 9.04. The number of fused-ring (bicyclic) bond motifs is 1. The first kappa shape index (κ1) is 32.8. The van der Waals surface area contributed by atoms with Gasteiger partial charge in [0, 0.05) is 22.1 Å². The summed E-state index contributed by atoms with van der Waals surface area (Å²) in [4.78, 5) is 10.7. The Morgan fingerprint density at radius 2 is 1.26 bits per heavy atom. The van der Waals surface area contributed by atoms with Gasteiger partial charge in [-0.3, -0.25) is 13.7 Å². The summed E-state index contributed by atoms with van der Waals surface area (Å²) in [6.45, 7) is 1.70. The van der Waals surface area contributed by atoms with E-state index in [1.807, 2.05) is 0 Å². The molecule has 0 aliphatic carbocycles. The van der Waals surface area contributed by atoms with E-state index >= 15 is 0 Å². The van der Waals surface area contributed by atoms with E-state index in [2.05, 4.69) is 35.8 Å². The van der Waals surface area contributed by atoms with E-state index in [-0.39, 0.29) is 38.5 Å². The van der Waals surface area contributed by atoms with Crippen molar-refractivity contribution >= 4 is 87.4 Å². The van der Waals surface area contributed by atoms with Crippen molar-refractivity contribution in [3.05, 3.63) is 83.6 Å². The SMILES string of the molecule is Cc1cc(Nc2nc(Cl)nc(Nc3ccc(S(=O)(=O)O)cc3)n2)ccc1N=Nc1cc(S(=O)(=O)O)c2cccc(S(=O)(=O)O)c2c1. The molecule has 0 aliphatic heterocycles. The Kier molecular flexibility index (Phi) is 8.75. The molecule has 0 amide bonds. The Hall–Kier alpha value is -4.63. The van der Waals surface area contributed by atoms with Crippen LogP contribution in [0.1, 0.15) is 5.56 Å². The van der Waals surface area contributed by atoms with Gasteiger partial charge in [-0.25, -0.2) is 0 Å². The summed E-state index contributed by atoms with van der Waals surface area (Å²) < 4.78 is 99.0. The Morgan fingerprint density at radius 1 is 0.652 bits per heavy atom. The van der Waals surface area contributed by atoms with Gasteiger partial charge in [0.25, 0.3) is 30.4 Å². The molecule has 5 rings (SSSR count). The van der Waals surface area contributed by atoms with Gasteiger partial charge in [-0.05, 0) is 84.8 Å². The number of nitrogens with one attached hydrogen (secondary N) is 2. The molecule has 0 radical (unpaired) electrons. The number of anilines is 4. The third kappa shape index (κ3) is 7.59. The maximum absolute atomic E-state index is 12.1. The third-order valence-electron chi connectivity index (χ3n) is 6.20. The first-order valence-corrected chi connectivity index (χ1v) is 17.2. The van der Waals surface area contributed by atoms with Crippen LogP contribution in [0.2, 0.25) is 5.28 Å². The number of hydrogen-bond donors (Lipinski definition) is 5. The van der Waals surface area contributed by atoms with Crippen LogP contribution in [0.5, 0.6) is 0 Å². The number of nitrogens with zero attached hydrogens (tertiary/aromatic N) is 5. The fourth-order valence-electron chi connectivity index (χ4n) is 4.19. The van der Waals surface area contributed by atoms with Crippen molar-refractivity contribution in [3.63, 3.8) is 0 Å². The Labute approximate surface area is 266 Å². The number of azo groups is 1. The minimum absolute atomic E-state index is 0.0288. The average molecular weight is 706 g/mol. The second kappa shape index (κ2) is 12.3. The van der Waals surface area contributed by atoms with Crippen LogP contribution in [0.15, 0.2) is 97.7 Å². The lowest BCUT2D eigenvalue weighted by atomic mass is 10.1. The average Bonchev–Trinajstić information content (AvgIpc) is 2.94. The minimum Gasteiger partial charge on any atom is -0.324 e. The molecule has 0 bridgehead atoms. The molecule has 4 aromatic carbocycles. The molecule has 238 valence electrons. The molecule has 16 nitrogen and oxygen atoms in total. The van der Waals surface area contributed by atoms with Crippen molar-refractivity contribution in [2.45, 2.75) is 21.6 Å². The smallest absolute Gasteiger partial charge is 0.295 e. The zero-order valence-electron chi connectivity index (χ0n) is 23.1. The fraction of sp³-hybridized carbons (Fsp3) is 0.0385. The van der Waals surface area contributed by atoms with Gasteiger partial charge in [-0.2, -0.15) is 50.4 Å². The summed E-state index contributed by atoms with van der Waals surface area (Å²) in [5, 5.41) is 13.5. The van der Waals surface area contributed by atoms with Gasteiger partial charge < -0.3 is 10.6 Å². The second-order valence-electron chi connectivity index (χ2n) is 9.45. The first-order valence-electron chi connectivity index (χ1n) is 12.5. The lowest BCUT2D eigenvalue weighted by Gasteiger charge is -2.10. The molecule has 0 saturated carbocycles. The monoisotopic (exact) mass is 705 g/mol. The highest BCUT2D eigenvalue weighted by atomic mass is 35.5. The maximum Gasteiger partial charge on any atom is 0.295 e. The molecule has 0 fully saturated rings. The molecule has 5 aromatic rings. The summed E-state index contributed by atoms with van der Waals surface area (Å²) in [7, 11) is -13.9. The molecule has 0 atom stereocenters. The number of hydrogen-bond acceptors (Lipinski definition) is 13. The van der Waals surface area contributed by atoms with E-state index < -0.39 is 40.1 Å². The number of benzene rings is 4. The number of rotatable bonds is 9. The van der Waals surface area contributed by atoms with Crippen LogP contribution in [-0.2, 0) is 30.4 Å². The predicted octanol–water partition coefficient (Wildman–Crippen LogP) is 5.63. The van der Waals surface area contributed by atoms with Crippen LogP contribution in [0.4, 0.5) is 34.6 Å². The summed E-state index contributed by atoms with van der Waals surface area (Å²) in [6.07, 6.45) is 0. The molecule has 46 heavy (non-hydrogen) atoms. The molecule has 20 heteroatoms. The number of halogens is 1. The van der Waals surface area contributed by atoms with E-state index in [4.69, 9.17) is 16.2 Å². The summed E-state index contributed by atoms with van der Waals surface area (Å²) in [6, 6.07) is 15.8. The van der Waals surface area contributed by atoms with Crippen LogP contribution in [0, 0.1) is 6.92 Å². The molecular formula is C26H20ClN7O9S3. The van der Waals surface area contributed by atoms with Crippen LogP contribution in [-0.4, -0.2) is 53.9 Å². The molecule has 5 N–H and O–H groups in total. The summed E-state index contributed by atoms with van der Waals surface area (Å²) >= 11 is 6.05. The maximum atomic E-state index is 12.1. The van der Waals surface area contributed by atoms with Crippen LogP contribution in [0.3, 0.4) is 0 Å². The Morgan fingerprint density at radius 3 is 1.85 bits per heavy atom. The lowest BCUT2D eigenvalue weighted by Crippen LogP contribution is -2.04. The molecule has 1 aromatic heterocycles. The highest BCUT2D eigenvalue weighted by Gasteiger charge is 2.21. The van der Waals surface area contributed by atoms with Gasteiger partial charge in [0.15, 0.2) is 0 Å². The quantitative estimate of drug-likeness (QED) is 0.0921. The number of aromatic nitrogens is 3. The lowest BCUT2D eigenvalue weighted by molar-refractivity contribution is 0.481. The van der Waals surface area contributed by atoms with Gasteiger partial charge in [-0.15, -0.1) is 0 Å². The normalized spacial score (nSPS) is 12.5. The van der Waals surface area contributed by atoms with E-state index in [9.17, 15) is 34.4 Å². The largest absolute Gasteiger partial charge is 0.324 e. The van der Waals surface area contributed by atoms with Crippen LogP contribution < -0.4 is 10.6 Å². The minimum atomic E-state index is -4.82. The highest BCUT2D eigenvalue weighted by molar-refractivity contribution is 7.86. The zero-order valence-corrected chi connectivity index (χ0v) is 26.3. The van der Waals surface area contributed by atoms with Crippen molar-refractivity contribution in [2.24, 2.45) is 10.2 Å². The standard InChI is InChI=1S/C26H20ClN7O9S3/c1-14-11-16(29-26-31-24(27)30-25(32-26)28-15-5-8-18(9-6-15)44(35,36)37)7-10-21(14)34-33-17-12-20-19(23(13-17)46(41,42)43)3-2-4-22(20)45(38,39)40/h2-13H,1H3,(H,35,36,37)(H,38,39,40)(H,41,42,43)(H2,28,29,30,31,32). The van der Waals surface area contributed by atoms with Crippen molar-refractivity contribution in [2.75, 3.05) is 10.6 Å². The van der Waals surface area contributed by atoms with E-state index in [0.29, 0.717) is 22.6 Å². The van der Waals surface area contributed by atoms with Crippen molar-refractivity contribution in [3.8, 4) is 0 Å². The van der Waals surface area contributed by atoms with Crippen molar-refractivity contribution in [1.82, 2.24) is 15.0 Å². The molecule has 0 spiro atoms. The molecule has 0 saturated heterocycles. The molecule has 1 heterocycles. The van der Waals surface area contributed by atoms with Crippen LogP contribution >= 0.6 is 11.6 Å². The highest BCUT2D eigenvalue weighted by Crippen LogP contribution is 2.34.